The molecule has 0 saturated carbocycles. The van der Waals surface area contributed by atoms with E-state index in [4.69, 9.17) is 14.2 Å². The van der Waals surface area contributed by atoms with E-state index < -0.39 is 6.10 Å². The summed E-state index contributed by atoms with van der Waals surface area (Å²) >= 11 is 0. The molecule has 0 spiro atoms. The molecule has 0 bridgehead atoms. The molecule has 0 amide bonds. The van der Waals surface area contributed by atoms with Crippen molar-refractivity contribution in [3.63, 3.8) is 0 Å². The van der Waals surface area contributed by atoms with Crippen LogP contribution in [0, 0.1) is 0 Å². The number of esters is 2. The molecule has 0 saturated heterocycles. The molecule has 0 aromatic carbocycles. The monoisotopic (exact) mass is 833 g/mol. The van der Waals surface area contributed by atoms with Crippen molar-refractivity contribution in [3.8, 4) is 0 Å². The maximum atomic E-state index is 12.7. The minimum atomic E-state index is -0.592. The van der Waals surface area contributed by atoms with Crippen LogP contribution in [-0.4, -0.2) is 37.9 Å². The molecule has 0 rings (SSSR count). The lowest BCUT2D eigenvalue weighted by Crippen LogP contribution is -2.30. The number of ether oxygens (including phenoxy) is 3. The van der Waals surface area contributed by atoms with Crippen LogP contribution in [0.3, 0.4) is 0 Å². The Bertz CT molecular complexity index is 1170. The molecular weight excluding hydrogens is 741 g/mol. The average molecular weight is 833 g/mol. The summed E-state index contributed by atoms with van der Waals surface area (Å²) in [6.07, 6.45) is 67.1. The second-order valence-electron chi connectivity index (χ2n) is 15.9. The van der Waals surface area contributed by atoms with E-state index in [1.54, 1.807) is 0 Å². The van der Waals surface area contributed by atoms with E-state index in [1.165, 1.54) is 83.5 Å². The summed E-state index contributed by atoms with van der Waals surface area (Å²) in [4.78, 5) is 25.3. The van der Waals surface area contributed by atoms with Gasteiger partial charge in [0.15, 0.2) is 6.10 Å². The molecule has 5 nitrogen and oxygen atoms in total. The Kier molecular flexibility index (Phi) is 47.5. The van der Waals surface area contributed by atoms with Gasteiger partial charge in [0.1, 0.15) is 6.61 Å². The SMILES string of the molecule is CC/C=C\C/C=C\C/C=C\C/C=C\CCC(=O)OC(COCCCCCC/C=C\C/C=C\C/C=C\CC)COC(=O)CCCCCCCCC/C=C\CCCCCCCC. The minimum Gasteiger partial charge on any atom is -0.462 e. The van der Waals surface area contributed by atoms with Gasteiger partial charge in [-0.05, 0) is 103 Å². The Morgan fingerprint density at radius 2 is 0.783 bits per heavy atom. The first-order valence-corrected chi connectivity index (χ1v) is 24.8. The van der Waals surface area contributed by atoms with Gasteiger partial charge in [-0.1, -0.05) is 195 Å². The van der Waals surface area contributed by atoms with Gasteiger partial charge in [0.2, 0.25) is 0 Å². The third kappa shape index (κ3) is 47.5. The van der Waals surface area contributed by atoms with Crippen LogP contribution in [-0.2, 0) is 23.8 Å². The smallest absolute Gasteiger partial charge is 0.306 e. The summed E-state index contributed by atoms with van der Waals surface area (Å²) in [7, 11) is 0. The van der Waals surface area contributed by atoms with Crippen LogP contribution in [0.5, 0.6) is 0 Å². The summed E-state index contributed by atoms with van der Waals surface area (Å²) in [6, 6.07) is 0. The van der Waals surface area contributed by atoms with Crippen LogP contribution in [0.1, 0.15) is 213 Å². The zero-order valence-electron chi connectivity index (χ0n) is 39.2. The van der Waals surface area contributed by atoms with Crippen LogP contribution < -0.4 is 0 Å². The fourth-order valence-corrected chi connectivity index (χ4v) is 6.47. The van der Waals surface area contributed by atoms with E-state index in [0.29, 0.717) is 19.4 Å². The standard InChI is InChI=1S/C55H92O5/c1-4-7-10-13-16-19-22-25-27-28-29-31-33-36-39-42-45-48-54(56)59-52-53(51-58-50-47-44-41-38-35-32-26-23-20-17-14-11-8-5-2)60-55(57)49-46-43-40-37-34-30-24-21-18-15-12-9-6-3/h8-9,11-12,17-18,20-21,25-27,30,32,34,40,43,53H,4-7,10,13-16,19,22-24,28-29,31,33,35-39,41-42,44-52H2,1-3H3/b11-8-,12-9-,20-17-,21-18-,27-25-,32-26-,34-30-,43-40-. The van der Waals surface area contributed by atoms with Gasteiger partial charge in [-0.25, -0.2) is 0 Å². The van der Waals surface area contributed by atoms with Crippen molar-refractivity contribution in [1.29, 1.82) is 0 Å². The molecular formula is C55H92O5. The zero-order chi connectivity index (χ0) is 43.5. The van der Waals surface area contributed by atoms with Gasteiger partial charge in [0, 0.05) is 19.4 Å². The molecule has 0 fully saturated rings. The van der Waals surface area contributed by atoms with Crippen molar-refractivity contribution in [2.75, 3.05) is 19.8 Å². The van der Waals surface area contributed by atoms with Crippen LogP contribution in [0.15, 0.2) is 97.2 Å². The first-order valence-electron chi connectivity index (χ1n) is 24.8. The van der Waals surface area contributed by atoms with Gasteiger partial charge < -0.3 is 14.2 Å². The van der Waals surface area contributed by atoms with E-state index in [1.807, 2.05) is 6.08 Å². The van der Waals surface area contributed by atoms with E-state index in [2.05, 4.69) is 112 Å². The van der Waals surface area contributed by atoms with E-state index in [-0.39, 0.29) is 31.6 Å². The Balaban J connectivity index is 4.38. The molecule has 0 aromatic heterocycles. The number of hydrogen-bond acceptors (Lipinski definition) is 5. The molecule has 0 aromatic rings. The molecule has 60 heavy (non-hydrogen) atoms. The third-order valence-electron chi connectivity index (χ3n) is 10.1. The van der Waals surface area contributed by atoms with Crippen LogP contribution in [0.2, 0.25) is 0 Å². The molecule has 1 unspecified atom stereocenters. The molecule has 5 heteroatoms. The second kappa shape index (κ2) is 50.2. The lowest BCUT2D eigenvalue weighted by molar-refractivity contribution is -0.162. The molecule has 0 N–H and O–H groups in total. The summed E-state index contributed by atoms with van der Waals surface area (Å²) in [6.45, 7) is 7.46. The largest absolute Gasteiger partial charge is 0.462 e. The number of rotatable bonds is 44. The Morgan fingerprint density at radius 1 is 0.383 bits per heavy atom. The highest BCUT2D eigenvalue weighted by Gasteiger charge is 2.17. The Labute approximate surface area is 371 Å². The summed E-state index contributed by atoms with van der Waals surface area (Å²) < 4.78 is 17.3. The third-order valence-corrected chi connectivity index (χ3v) is 10.1. The van der Waals surface area contributed by atoms with Gasteiger partial charge >= 0.3 is 11.9 Å². The fraction of sp³-hybridized carbons (Fsp3) is 0.673. The minimum absolute atomic E-state index is 0.0406. The highest BCUT2D eigenvalue weighted by molar-refractivity contribution is 5.70. The van der Waals surface area contributed by atoms with Crippen molar-refractivity contribution in [1.82, 2.24) is 0 Å². The number of carbonyl (C=O) groups is 2. The lowest BCUT2D eigenvalue weighted by Gasteiger charge is -2.18. The summed E-state index contributed by atoms with van der Waals surface area (Å²) in [5, 5.41) is 0. The maximum Gasteiger partial charge on any atom is 0.306 e. The van der Waals surface area contributed by atoms with Gasteiger partial charge in [-0.2, -0.15) is 0 Å². The normalized spacial score (nSPS) is 13.1. The van der Waals surface area contributed by atoms with Crippen molar-refractivity contribution in [2.45, 2.75) is 219 Å². The quantitative estimate of drug-likeness (QED) is 0.0348. The zero-order valence-corrected chi connectivity index (χ0v) is 39.2. The van der Waals surface area contributed by atoms with Crippen LogP contribution >= 0.6 is 0 Å². The maximum absolute atomic E-state index is 12.7. The van der Waals surface area contributed by atoms with Gasteiger partial charge in [0.05, 0.1) is 6.61 Å². The number of hydrogen-bond donors (Lipinski definition) is 0. The van der Waals surface area contributed by atoms with Crippen LogP contribution in [0.4, 0.5) is 0 Å². The van der Waals surface area contributed by atoms with E-state index >= 15 is 0 Å². The molecule has 0 aliphatic heterocycles. The lowest BCUT2D eigenvalue weighted by atomic mass is 10.1. The molecule has 0 aliphatic carbocycles. The Hall–Kier alpha value is -3.18. The number of allylic oxidation sites excluding steroid dienone is 16. The predicted molar refractivity (Wildman–Crippen MR) is 260 cm³/mol. The van der Waals surface area contributed by atoms with Crippen molar-refractivity contribution in [3.05, 3.63) is 97.2 Å². The van der Waals surface area contributed by atoms with Crippen LogP contribution in [0.25, 0.3) is 0 Å². The highest BCUT2D eigenvalue weighted by atomic mass is 16.6. The number of unbranched alkanes of at least 4 members (excludes halogenated alkanes) is 17. The molecule has 0 heterocycles. The summed E-state index contributed by atoms with van der Waals surface area (Å²) in [5.74, 6) is -0.513. The first kappa shape index (κ1) is 56.8. The summed E-state index contributed by atoms with van der Waals surface area (Å²) in [5.41, 5.74) is 0. The second-order valence-corrected chi connectivity index (χ2v) is 15.9. The van der Waals surface area contributed by atoms with Crippen molar-refractivity contribution < 1.29 is 23.8 Å². The molecule has 0 radical (unpaired) electrons. The van der Waals surface area contributed by atoms with Gasteiger partial charge in [0.25, 0.3) is 0 Å². The van der Waals surface area contributed by atoms with Crippen molar-refractivity contribution >= 4 is 11.9 Å². The van der Waals surface area contributed by atoms with Gasteiger partial charge in [-0.3, -0.25) is 9.59 Å². The van der Waals surface area contributed by atoms with E-state index in [0.717, 1.165) is 89.9 Å². The van der Waals surface area contributed by atoms with E-state index in [9.17, 15) is 9.59 Å². The fourth-order valence-electron chi connectivity index (χ4n) is 6.47. The molecule has 342 valence electrons. The molecule has 0 aliphatic rings. The van der Waals surface area contributed by atoms with Crippen molar-refractivity contribution in [2.24, 2.45) is 0 Å². The first-order chi connectivity index (χ1) is 29.6. The highest BCUT2D eigenvalue weighted by Crippen LogP contribution is 2.13. The number of carbonyl (C=O) groups excluding carboxylic acids is 2. The topological polar surface area (TPSA) is 61.8 Å². The predicted octanol–water partition coefficient (Wildman–Crippen LogP) is 16.7. The Morgan fingerprint density at radius 3 is 1.28 bits per heavy atom. The molecule has 1 atom stereocenters. The van der Waals surface area contributed by atoms with Gasteiger partial charge in [-0.15, -0.1) is 0 Å². The average Bonchev–Trinajstić information content (AvgIpc) is 3.25.